The summed E-state index contributed by atoms with van der Waals surface area (Å²) >= 11 is 0. The second kappa shape index (κ2) is 12.3. The average Bonchev–Trinajstić information content (AvgIpc) is 2.86. The van der Waals surface area contributed by atoms with E-state index < -0.39 is 16.9 Å². The summed E-state index contributed by atoms with van der Waals surface area (Å²) in [5.74, 6) is 0. The summed E-state index contributed by atoms with van der Waals surface area (Å²) in [5, 5.41) is 4.12. The van der Waals surface area contributed by atoms with Gasteiger partial charge in [-0.2, -0.15) is 0 Å². The number of hydrogen-bond donors (Lipinski definition) is 0. The predicted molar refractivity (Wildman–Crippen MR) is 144 cm³/mol. The van der Waals surface area contributed by atoms with E-state index >= 15 is 0 Å². The van der Waals surface area contributed by atoms with Crippen LogP contribution in [0.25, 0.3) is 6.08 Å². The monoisotopic (exact) mass is 476 g/mol. The van der Waals surface area contributed by atoms with E-state index in [1.165, 1.54) is 15.6 Å². The molecule has 0 aromatic heterocycles. The molecule has 0 heterocycles. The van der Waals surface area contributed by atoms with Gasteiger partial charge in [0.15, 0.2) is 0 Å². The average molecular weight is 477 g/mol. The SMILES string of the molecule is C=Cc1cccc([Si](CC[Si](OCC)(OCC)OCC)(c2ccccc2)c2ccccc2)c1. The van der Waals surface area contributed by atoms with Gasteiger partial charge in [-0.3, -0.25) is 0 Å². The van der Waals surface area contributed by atoms with Crippen molar-refractivity contribution >= 4 is 38.5 Å². The maximum Gasteiger partial charge on any atom is 0.500 e. The summed E-state index contributed by atoms with van der Waals surface area (Å²) in [4.78, 5) is 0. The molecule has 0 atom stereocenters. The molecule has 3 rings (SSSR count). The van der Waals surface area contributed by atoms with Crippen LogP contribution in [0.5, 0.6) is 0 Å². The van der Waals surface area contributed by atoms with Gasteiger partial charge >= 0.3 is 8.80 Å². The highest BCUT2D eigenvalue weighted by Crippen LogP contribution is 2.25. The van der Waals surface area contributed by atoms with E-state index in [0.717, 1.165) is 17.7 Å². The van der Waals surface area contributed by atoms with Crippen LogP contribution < -0.4 is 15.6 Å². The van der Waals surface area contributed by atoms with Crippen LogP contribution in [0.15, 0.2) is 91.5 Å². The Hall–Kier alpha value is -2.29. The highest BCUT2D eigenvalue weighted by atomic mass is 28.4. The fraction of sp³-hybridized carbons (Fsp3) is 0.286. The first kappa shape index (κ1) is 25.3. The van der Waals surface area contributed by atoms with Crippen LogP contribution in [0.4, 0.5) is 0 Å². The molecule has 3 aromatic carbocycles. The van der Waals surface area contributed by atoms with Crippen LogP contribution >= 0.6 is 0 Å². The van der Waals surface area contributed by atoms with Crippen molar-refractivity contribution in [3.8, 4) is 0 Å². The first-order valence-electron chi connectivity index (χ1n) is 11.9. The largest absolute Gasteiger partial charge is 0.500 e. The molecule has 0 saturated carbocycles. The van der Waals surface area contributed by atoms with Crippen molar-refractivity contribution < 1.29 is 13.3 Å². The van der Waals surface area contributed by atoms with Gasteiger partial charge in [0.2, 0.25) is 0 Å². The molecule has 3 nitrogen and oxygen atoms in total. The Kier molecular flexibility index (Phi) is 9.41. The standard InChI is InChI=1S/C28H36O3Si2/c1-5-25-16-15-21-28(24-25)32(26-17-11-9-12-18-26,27-19-13-10-14-20-27)22-23-33(29-6-2,30-7-3)31-8-4/h5,9-21,24H,1,6-8,22-23H2,2-4H3. The van der Waals surface area contributed by atoms with Gasteiger partial charge in [0.05, 0.1) is 0 Å². The second-order valence-corrected chi connectivity index (χ2v) is 14.7. The summed E-state index contributed by atoms with van der Waals surface area (Å²) in [6.07, 6.45) is 1.93. The smallest absolute Gasteiger partial charge is 0.374 e. The van der Waals surface area contributed by atoms with Gasteiger partial charge < -0.3 is 13.3 Å². The summed E-state index contributed by atoms with van der Waals surface area (Å²) in [7, 11) is -5.23. The van der Waals surface area contributed by atoms with Gasteiger partial charge in [0.1, 0.15) is 8.07 Å². The molecule has 174 valence electrons. The quantitative estimate of drug-likeness (QED) is 0.261. The van der Waals surface area contributed by atoms with Gasteiger partial charge in [-0.25, -0.2) is 0 Å². The first-order chi connectivity index (χ1) is 16.1. The van der Waals surface area contributed by atoms with Crippen LogP contribution in [0.3, 0.4) is 0 Å². The van der Waals surface area contributed by atoms with E-state index in [-0.39, 0.29) is 0 Å². The Morgan fingerprint density at radius 2 is 1.12 bits per heavy atom. The molecular formula is C28H36O3Si2. The lowest BCUT2D eigenvalue weighted by Crippen LogP contribution is -2.68. The van der Waals surface area contributed by atoms with Crippen LogP contribution in [-0.4, -0.2) is 36.7 Å². The number of benzene rings is 3. The Balaban J connectivity index is 2.22. The third-order valence-corrected chi connectivity index (χ3v) is 14.5. The molecule has 0 radical (unpaired) electrons. The zero-order valence-corrected chi connectivity index (χ0v) is 22.1. The summed E-state index contributed by atoms with van der Waals surface area (Å²) in [6.45, 7) is 11.8. The maximum absolute atomic E-state index is 6.26. The molecular weight excluding hydrogens is 440 g/mol. The molecule has 0 bridgehead atoms. The van der Waals surface area contributed by atoms with Gasteiger partial charge in [0, 0.05) is 25.9 Å². The second-order valence-electron chi connectivity index (χ2n) is 7.95. The molecule has 0 fully saturated rings. The van der Waals surface area contributed by atoms with E-state index in [9.17, 15) is 0 Å². The molecule has 3 aromatic rings. The van der Waals surface area contributed by atoms with Crippen molar-refractivity contribution in [2.24, 2.45) is 0 Å². The molecule has 0 saturated heterocycles. The zero-order valence-electron chi connectivity index (χ0n) is 20.1. The topological polar surface area (TPSA) is 27.7 Å². The molecule has 0 spiro atoms. The van der Waals surface area contributed by atoms with E-state index in [2.05, 4.69) is 91.5 Å². The van der Waals surface area contributed by atoms with E-state index in [1.54, 1.807) is 0 Å². The zero-order chi connectivity index (χ0) is 23.6. The van der Waals surface area contributed by atoms with Gasteiger partial charge in [0.25, 0.3) is 0 Å². The van der Waals surface area contributed by atoms with Crippen molar-refractivity contribution in [2.75, 3.05) is 19.8 Å². The Morgan fingerprint density at radius 1 is 0.636 bits per heavy atom. The highest BCUT2D eigenvalue weighted by molar-refractivity contribution is 7.11. The molecule has 0 unspecified atom stereocenters. The fourth-order valence-electron chi connectivity index (χ4n) is 4.65. The third-order valence-electron chi connectivity index (χ3n) is 6.05. The van der Waals surface area contributed by atoms with Crippen molar-refractivity contribution in [1.82, 2.24) is 0 Å². The Labute approximate surface area is 201 Å². The lowest BCUT2D eigenvalue weighted by molar-refractivity contribution is 0.0725. The van der Waals surface area contributed by atoms with Gasteiger partial charge in [-0.15, -0.1) is 0 Å². The van der Waals surface area contributed by atoms with Crippen LogP contribution in [-0.2, 0) is 13.3 Å². The summed E-state index contributed by atoms with van der Waals surface area (Å²) in [5.41, 5.74) is 1.14. The predicted octanol–water partition coefficient (Wildman–Crippen LogP) is 4.85. The molecule has 0 N–H and O–H groups in total. The molecule has 0 aliphatic carbocycles. The summed E-state index contributed by atoms with van der Waals surface area (Å²) in [6, 6.07) is 32.5. The van der Waals surface area contributed by atoms with Crippen LogP contribution in [0.1, 0.15) is 26.3 Å². The van der Waals surface area contributed by atoms with E-state index in [0.29, 0.717) is 19.8 Å². The molecule has 5 heteroatoms. The minimum Gasteiger partial charge on any atom is -0.374 e. The Morgan fingerprint density at radius 3 is 1.58 bits per heavy atom. The normalized spacial score (nSPS) is 12.0. The number of rotatable bonds is 13. The minimum atomic E-state index is -2.81. The highest BCUT2D eigenvalue weighted by Gasteiger charge is 2.46. The van der Waals surface area contributed by atoms with Crippen LogP contribution in [0.2, 0.25) is 12.1 Å². The lowest BCUT2D eigenvalue weighted by Gasteiger charge is -2.37. The van der Waals surface area contributed by atoms with Crippen molar-refractivity contribution in [3.05, 3.63) is 97.1 Å². The first-order valence-corrected chi connectivity index (χ1v) is 16.0. The molecule has 33 heavy (non-hydrogen) atoms. The Bertz CT molecular complexity index is 936. The van der Waals surface area contributed by atoms with Crippen LogP contribution in [0, 0.1) is 0 Å². The maximum atomic E-state index is 6.26. The van der Waals surface area contributed by atoms with Crippen molar-refractivity contribution in [2.45, 2.75) is 32.9 Å². The molecule has 0 aliphatic heterocycles. The molecule has 0 aliphatic rings. The summed E-state index contributed by atoms with van der Waals surface area (Å²) < 4.78 is 18.8. The minimum absolute atomic E-state index is 0.587. The van der Waals surface area contributed by atoms with E-state index in [1.807, 2.05) is 26.8 Å². The van der Waals surface area contributed by atoms with Crippen molar-refractivity contribution in [1.29, 1.82) is 0 Å². The van der Waals surface area contributed by atoms with Gasteiger partial charge in [-0.1, -0.05) is 97.6 Å². The molecule has 0 amide bonds. The van der Waals surface area contributed by atoms with Crippen molar-refractivity contribution in [3.63, 3.8) is 0 Å². The number of hydrogen-bond acceptors (Lipinski definition) is 3. The van der Waals surface area contributed by atoms with E-state index in [4.69, 9.17) is 13.3 Å². The fourth-order valence-corrected chi connectivity index (χ4v) is 13.6. The lowest BCUT2D eigenvalue weighted by atomic mass is 10.2. The van der Waals surface area contributed by atoms with Gasteiger partial charge in [-0.05, 0) is 47.9 Å². The third kappa shape index (κ3) is 5.80.